The Balaban J connectivity index is 2.31. The zero-order valence-electron chi connectivity index (χ0n) is 10.5. The Hall–Kier alpha value is -2.88. The summed E-state index contributed by atoms with van der Waals surface area (Å²) in [5.74, 6) is -1.02. The Bertz CT molecular complexity index is 841. The summed E-state index contributed by atoms with van der Waals surface area (Å²) in [4.78, 5) is 7.40. The van der Waals surface area contributed by atoms with Crippen LogP contribution in [-0.2, 0) is 6.18 Å². The van der Waals surface area contributed by atoms with Crippen LogP contribution in [0.3, 0.4) is 0 Å². The number of rotatable bonds is 1. The van der Waals surface area contributed by atoms with Gasteiger partial charge in [-0.05, 0) is 30.3 Å². The number of hydrogen-bond donors (Lipinski definition) is 0. The Labute approximate surface area is 117 Å². The topological polar surface area (TPSA) is 54.5 Å². The summed E-state index contributed by atoms with van der Waals surface area (Å²) in [5, 5.41) is 8.76. The van der Waals surface area contributed by atoms with Crippen LogP contribution < -0.4 is 0 Å². The number of halogens is 3. The van der Waals surface area contributed by atoms with Crippen molar-refractivity contribution in [2.24, 2.45) is 0 Å². The molecule has 0 spiro atoms. The third-order valence-electron chi connectivity index (χ3n) is 2.96. The number of alkyl halides is 3. The van der Waals surface area contributed by atoms with Crippen molar-refractivity contribution >= 4 is 11.0 Å². The summed E-state index contributed by atoms with van der Waals surface area (Å²) in [6, 6.07) is 9.22. The molecule has 1 aromatic carbocycles. The van der Waals surface area contributed by atoms with Crippen molar-refractivity contribution in [3.05, 3.63) is 54.1 Å². The molecule has 7 heteroatoms. The third kappa shape index (κ3) is 2.21. The Morgan fingerprint density at radius 2 is 1.81 bits per heavy atom. The van der Waals surface area contributed by atoms with E-state index in [4.69, 9.17) is 5.26 Å². The lowest BCUT2D eigenvalue weighted by molar-refractivity contribution is -0.145. The van der Waals surface area contributed by atoms with E-state index < -0.39 is 12.0 Å². The fraction of sp³-hybridized carbons (Fsp3) is 0.0714. The first kappa shape index (κ1) is 13.1. The Morgan fingerprint density at radius 1 is 1.10 bits per heavy atom. The van der Waals surface area contributed by atoms with Gasteiger partial charge in [-0.1, -0.05) is 0 Å². The molecule has 3 rings (SSSR count). The number of pyridine rings is 1. The van der Waals surface area contributed by atoms with Crippen LogP contribution in [0.1, 0.15) is 11.4 Å². The second-order valence-electron chi connectivity index (χ2n) is 4.29. The van der Waals surface area contributed by atoms with E-state index in [1.165, 1.54) is 42.7 Å². The maximum absolute atomic E-state index is 13.2. The third-order valence-corrected chi connectivity index (χ3v) is 2.96. The Kier molecular flexibility index (Phi) is 2.87. The molecular formula is C14H7F3N4. The van der Waals surface area contributed by atoms with Crippen LogP contribution >= 0.6 is 0 Å². The first-order chi connectivity index (χ1) is 10.0. The van der Waals surface area contributed by atoms with Crippen molar-refractivity contribution in [1.82, 2.24) is 14.5 Å². The molecule has 0 atom stereocenters. The minimum Gasteiger partial charge on any atom is -0.289 e. The highest BCUT2D eigenvalue weighted by atomic mass is 19.4. The standard InChI is InChI=1S/C14H7F3N4/c15-14(16,17)13-20-11-8-19-6-5-12(11)21(13)10-3-1-9(7-18)2-4-10/h1-6,8H. The van der Waals surface area contributed by atoms with Gasteiger partial charge in [0.05, 0.1) is 23.3 Å². The zero-order valence-corrected chi connectivity index (χ0v) is 10.5. The van der Waals surface area contributed by atoms with Crippen LogP contribution in [0.4, 0.5) is 13.2 Å². The van der Waals surface area contributed by atoms with Crippen LogP contribution in [-0.4, -0.2) is 14.5 Å². The number of hydrogen-bond acceptors (Lipinski definition) is 3. The quantitative estimate of drug-likeness (QED) is 0.690. The summed E-state index contributed by atoms with van der Waals surface area (Å²) < 4.78 is 40.5. The van der Waals surface area contributed by atoms with Crippen molar-refractivity contribution in [2.75, 3.05) is 0 Å². The van der Waals surface area contributed by atoms with Crippen molar-refractivity contribution in [2.45, 2.75) is 6.18 Å². The molecule has 0 fully saturated rings. The zero-order chi connectivity index (χ0) is 15.0. The van der Waals surface area contributed by atoms with Crippen LogP contribution in [0.15, 0.2) is 42.7 Å². The van der Waals surface area contributed by atoms with Gasteiger partial charge in [0, 0.05) is 11.9 Å². The lowest BCUT2D eigenvalue weighted by atomic mass is 10.2. The largest absolute Gasteiger partial charge is 0.450 e. The average molecular weight is 288 g/mol. The van der Waals surface area contributed by atoms with Gasteiger partial charge in [-0.3, -0.25) is 9.55 Å². The van der Waals surface area contributed by atoms with Crippen LogP contribution in [0, 0.1) is 11.3 Å². The number of nitrogens with zero attached hydrogens (tertiary/aromatic N) is 4. The molecule has 104 valence electrons. The summed E-state index contributed by atoms with van der Waals surface area (Å²) in [5.41, 5.74) is 1.13. The first-order valence-electron chi connectivity index (χ1n) is 5.91. The van der Waals surface area contributed by atoms with Crippen molar-refractivity contribution in [3.63, 3.8) is 0 Å². The number of fused-ring (bicyclic) bond motifs is 1. The molecule has 0 aliphatic rings. The molecule has 0 aliphatic heterocycles. The van der Waals surface area contributed by atoms with E-state index in [2.05, 4.69) is 9.97 Å². The SMILES string of the molecule is N#Cc1ccc(-n2c(C(F)(F)F)nc3cnccc32)cc1. The van der Waals surface area contributed by atoms with Gasteiger partial charge in [0.2, 0.25) is 5.82 Å². The van der Waals surface area contributed by atoms with E-state index in [1.54, 1.807) is 0 Å². The second kappa shape index (κ2) is 4.59. The smallest absolute Gasteiger partial charge is 0.289 e. The van der Waals surface area contributed by atoms with Gasteiger partial charge in [-0.15, -0.1) is 0 Å². The van der Waals surface area contributed by atoms with Gasteiger partial charge in [-0.25, -0.2) is 4.98 Å². The monoisotopic (exact) mass is 288 g/mol. The number of aromatic nitrogens is 3. The van der Waals surface area contributed by atoms with E-state index in [0.29, 0.717) is 11.1 Å². The highest BCUT2D eigenvalue weighted by Crippen LogP contribution is 2.33. The minimum absolute atomic E-state index is 0.161. The fourth-order valence-electron chi connectivity index (χ4n) is 2.07. The molecule has 4 nitrogen and oxygen atoms in total. The first-order valence-corrected chi connectivity index (χ1v) is 5.91. The molecular weight excluding hydrogens is 281 g/mol. The van der Waals surface area contributed by atoms with E-state index >= 15 is 0 Å². The molecule has 0 amide bonds. The molecule has 3 aromatic rings. The van der Waals surface area contributed by atoms with Gasteiger partial charge in [-0.2, -0.15) is 18.4 Å². The van der Waals surface area contributed by atoms with E-state index in [0.717, 1.165) is 4.57 Å². The van der Waals surface area contributed by atoms with Gasteiger partial charge < -0.3 is 0 Å². The van der Waals surface area contributed by atoms with Crippen molar-refractivity contribution in [1.29, 1.82) is 5.26 Å². The number of benzene rings is 1. The molecule has 2 heterocycles. The highest BCUT2D eigenvalue weighted by molar-refractivity contribution is 5.77. The van der Waals surface area contributed by atoms with Crippen LogP contribution in [0.2, 0.25) is 0 Å². The van der Waals surface area contributed by atoms with Gasteiger partial charge in [0.15, 0.2) is 0 Å². The van der Waals surface area contributed by atoms with E-state index in [1.807, 2.05) is 6.07 Å². The second-order valence-corrected chi connectivity index (χ2v) is 4.29. The molecule has 0 saturated carbocycles. The predicted molar refractivity (Wildman–Crippen MR) is 68.6 cm³/mol. The molecule has 0 bridgehead atoms. The van der Waals surface area contributed by atoms with Gasteiger partial charge in [0.25, 0.3) is 0 Å². The van der Waals surface area contributed by atoms with Gasteiger partial charge >= 0.3 is 6.18 Å². The molecule has 0 N–H and O–H groups in total. The highest BCUT2D eigenvalue weighted by Gasteiger charge is 2.38. The lowest BCUT2D eigenvalue weighted by Gasteiger charge is -2.11. The maximum atomic E-state index is 13.2. The summed E-state index contributed by atoms with van der Waals surface area (Å²) in [6.45, 7) is 0. The van der Waals surface area contributed by atoms with Crippen LogP contribution in [0.25, 0.3) is 16.7 Å². The molecule has 0 radical (unpaired) electrons. The molecule has 2 aromatic heterocycles. The van der Waals surface area contributed by atoms with Crippen molar-refractivity contribution < 1.29 is 13.2 Å². The summed E-state index contributed by atoms with van der Waals surface area (Å²) >= 11 is 0. The van der Waals surface area contributed by atoms with E-state index in [9.17, 15) is 13.2 Å². The van der Waals surface area contributed by atoms with Crippen LogP contribution in [0.5, 0.6) is 0 Å². The Morgan fingerprint density at radius 3 is 2.43 bits per heavy atom. The minimum atomic E-state index is -4.59. The summed E-state index contributed by atoms with van der Waals surface area (Å²) in [7, 11) is 0. The average Bonchev–Trinajstić information content (AvgIpc) is 2.87. The van der Waals surface area contributed by atoms with E-state index in [-0.39, 0.29) is 11.2 Å². The number of nitriles is 1. The molecule has 0 saturated heterocycles. The van der Waals surface area contributed by atoms with Crippen molar-refractivity contribution in [3.8, 4) is 11.8 Å². The predicted octanol–water partition coefficient (Wildman–Crippen LogP) is 3.31. The number of imidazole rings is 1. The normalized spacial score (nSPS) is 11.5. The van der Waals surface area contributed by atoms with Gasteiger partial charge in [0.1, 0.15) is 5.52 Å². The molecule has 0 unspecified atom stereocenters. The lowest BCUT2D eigenvalue weighted by Crippen LogP contribution is -2.13. The maximum Gasteiger partial charge on any atom is 0.450 e. The fourth-order valence-corrected chi connectivity index (χ4v) is 2.07. The molecule has 0 aliphatic carbocycles. The molecule has 21 heavy (non-hydrogen) atoms. The summed E-state index contributed by atoms with van der Waals surface area (Å²) in [6.07, 6.45) is -1.90.